The number of carbonyl (C=O) groups excluding carboxylic acids is 3. The van der Waals surface area contributed by atoms with Crippen LogP contribution in [0.15, 0.2) is 0 Å². The molecule has 0 aromatic heterocycles. The summed E-state index contributed by atoms with van der Waals surface area (Å²) in [4.78, 5) is 35.2. The van der Waals surface area contributed by atoms with Gasteiger partial charge in [0.25, 0.3) is 5.91 Å². The molecule has 0 aromatic carbocycles. The van der Waals surface area contributed by atoms with Crippen LogP contribution in [-0.2, 0) is 23.9 Å². The van der Waals surface area contributed by atoms with Gasteiger partial charge in [0.15, 0.2) is 0 Å². The zero-order valence-electron chi connectivity index (χ0n) is 12.4. The highest BCUT2D eigenvalue weighted by molar-refractivity contribution is 5.87. The lowest BCUT2D eigenvalue weighted by Crippen LogP contribution is -2.54. The number of esters is 2. The Balaban J connectivity index is 3.02. The number of hydrogen-bond donors (Lipinski definition) is 1. The van der Waals surface area contributed by atoms with Crippen molar-refractivity contribution in [3.8, 4) is 0 Å². The van der Waals surface area contributed by atoms with E-state index in [1.54, 1.807) is 0 Å². The van der Waals surface area contributed by atoms with Crippen LogP contribution in [0.5, 0.6) is 0 Å². The highest BCUT2D eigenvalue weighted by Crippen LogP contribution is 2.31. The molecule has 20 heavy (non-hydrogen) atoms. The van der Waals surface area contributed by atoms with E-state index in [4.69, 9.17) is 15.2 Å². The topological polar surface area (TPSA) is 95.7 Å². The third-order valence-corrected chi connectivity index (χ3v) is 3.05. The van der Waals surface area contributed by atoms with Crippen molar-refractivity contribution < 1.29 is 23.9 Å². The molecule has 1 heterocycles. The fraction of sp³-hybridized carbons (Fsp3) is 0.786. The Kier molecular flexibility index (Phi) is 5.14. The number of nitrogens with two attached hydrogens (primary N) is 1. The van der Waals surface area contributed by atoms with Crippen molar-refractivity contribution >= 4 is 17.8 Å². The minimum atomic E-state index is -1.58. The van der Waals surface area contributed by atoms with Crippen LogP contribution < -0.4 is 5.73 Å². The van der Waals surface area contributed by atoms with Gasteiger partial charge in [-0.2, -0.15) is 0 Å². The molecule has 0 aliphatic carbocycles. The molecule has 0 saturated carbocycles. The van der Waals surface area contributed by atoms with Crippen molar-refractivity contribution in [3.63, 3.8) is 0 Å². The first-order valence-corrected chi connectivity index (χ1v) is 6.82. The maximum absolute atomic E-state index is 11.8. The van der Waals surface area contributed by atoms with Crippen LogP contribution in [0.4, 0.5) is 0 Å². The van der Waals surface area contributed by atoms with Crippen LogP contribution >= 0.6 is 0 Å². The molecule has 0 spiro atoms. The van der Waals surface area contributed by atoms with Crippen LogP contribution in [0.3, 0.4) is 0 Å². The second-order valence-corrected chi connectivity index (χ2v) is 6.44. The summed E-state index contributed by atoms with van der Waals surface area (Å²) in [6.07, 6.45) is 1.70. The van der Waals surface area contributed by atoms with Gasteiger partial charge in [-0.3, -0.25) is 14.4 Å². The van der Waals surface area contributed by atoms with Crippen molar-refractivity contribution in [1.29, 1.82) is 0 Å². The average molecular weight is 285 g/mol. The third kappa shape index (κ3) is 4.83. The molecule has 0 aromatic rings. The lowest BCUT2D eigenvalue weighted by molar-refractivity contribution is -0.183. The average Bonchev–Trinajstić information content (AvgIpc) is 2.29. The van der Waals surface area contributed by atoms with E-state index in [0.29, 0.717) is 12.8 Å². The Hall–Kier alpha value is -1.59. The fourth-order valence-corrected chi connectivity index (χ4v) is 2.26. The van der Waals surface area contributed by atoms with E-state index >= 15 is 0 Å². The zero-order chi connectivity index (χ0) is 15.4. The summed E-state index contributed by atoms with van der Waals surface area (Å²) in [5, 5.41) is 0. The highest BCUT2D eigenvalue weighted by atomic mass is 16.6. The van der Waals surface area contributed by atoms with Gasteiger partial charge in [-0.05, 0) is 18.3 Å². The van der Waals surface area contributed by atoms with Gasteiger partial charge >= 0.3 is 11.9 Å². The number of carbonyl (C=O) groups is 3. The van der Waals surface area contributed by atoms with Crippen molar-refractivity contribution in [2.24, 2.45) is 11.1 Å². The van der Waals surface area contributed by atoms with E-state index in [2.05, 4.69) is 0 Å². The lowest BCUT2D eigenvalue weighted by atomic mass is 9.81. The molecule has 114 valence electrons. The summed E-state index contributed by atoms with van der Waals surface area (Å²) in [7, 11) is 0. The molecule has 1 saturated heterocycles. The minimum Gasteiger partial charge on any atom is -0.461 e. The largest absolute Gasteiger partial charge is 0.461 e. The van der Waals surface area contributed by atoms with Gasteiger partial charge in [0.1, 0.15) is 6.61 Å². The Labute approximate surface area is 119 Å². The number of primary amides is 1. The predicted octanol–water partition coefficient (Wildman–Crippen LogP) is 1.31. The monoisotopic (exact) mass is 285 g/mol. The first kappa shape index (κ1) is 16.5. The van der Waals surface area contributed by atoms with Gasteiger partial charge in [-0.15, -0.1) is 0 Å². The summed E-state index contributed by atoms with van der Waals surface area (Å²) in [5.74, 6) is -1.66. The van der Waals surface area contributed by atoms with Gasteiger partial charge in [0.05, 0.1) is 0 Å². The Morgan fingerprint density at radius 3 is 2.25 bits per heavy atom. The second-order valence-electron chi connectivity index (χ2n) is 6.44. The van der Waals surface area contributed by atoms with Gasteiger partial charge in [0, 0.05) is 19.3 Å². The molecule has 1 aliphatic heterocycles. The van der Waals surface area contributed by atoms with Crippen molar-refractivity contribution in [3.05, 3.63) is 0 Å². The van der Waals surface area contributed by atoms with Crippen LogP contribution in [0.2, 0.25) is 0 Å². The molecule has 0 radical (unpaired) electrons. The van der Waals surface area contributed by atoms with Gasteiger partial charge in [-0.1, -0.05) is 20.8 Å². The van der Waals surface area contributed by atoms with E-state index in [0.717, 1.165) is 0 Å². The summed E-state index contributed by atoms with van der Waals surface area (Å²) in [5.41, 5.74) is 3.53. The molecular weight excluding hydrogens is 262 g/mol. The normalized spacial score (nSPS) is 25.6. The molecule has 1 aliphatic rings. The first-order chi connectivity index (χ1) is 9.15. The SMILES string of the molecule is CC(C)(C)CC1(C(N)=O)COC(=O)CCCCC(=O)O1. The summed E-state index contributed by atoms with van der Waals surface area (Å²) < 4.78 is 10.4. The van der Waals surface area contributed by atoms with Crippen molar-refractivity contribution in [2.45, 2.75) is 58.5 Å². The van der Waals surface area contributed by atoms with Crippen LogP contribution in [0.1, 0.15) is 52.9 Å². The lowest BCUT2D eigenvalue weighted by Gasteiger charge is -2.35. The fourth-order valence-electron chi connectivity index (χ4n) is 2.26. The molecular formula is C14H23NO5. The van der Waals surface area contributed by atoms with Crippen LogP contribution in [-0.4, -0.2) is 30.1 Å². The highest BCUT2D eigenvalue weighted by Gasteiger charge is 2.45. The number of rotatable bonds is 2. The van der Waals surface area contributed by atoms with Gasteiger partial charge in [-0.25, -0.2) is 0 Å². The number of cyclic esters (lactones) is 2. The van der Waals surface area contributed by atoms with E-state index in [9.17, 15) is 14.4 Å². The molecule has 0 bridgehead atoms. The molecule has 1 unspecified atom stereocenters. The molecule has 1 amide bonds. The summed E-state index contributed by atoms with van der Waals surface area (Å²) in [6.45, 7) is 5.37. The van der Waals surface area contributed by atoms with Crippen molar-refractivity contribution in [1.82, 2.24) is 0 Å². The Morgan fingerprint density at radius 2 is 1.75 bits per heavy atom. The van der Waals surface area contributed by atoms with E-state index in [1.807, 2.05) is 20.8 Å². The van der Waals surface area contributed by atoms with Gasteiger partial charge in [0.2, 0.25) is 5.60 Å². The van der Waals surface area contributed by atoms with E-state index < -0.39 is 23.4 Å². The van der Waals surface area contributed by atoms with Crippen molar-refractivity contribution in [2.75, 3.05) is 6.61 Å². The Bertz CT molecular complexity index is 399. The molecule has 1 fully saturated rings. The predicted molar refractivity (Wildman–Crippen MR) is 71.5 cm³/mol. The third-order valence-electron chi connectivity index (χ3n) is 3.05. The maximum atomic E-state index is 11.8. The molecule has 2 N–H and O–H groups in total. The summed E-state index contributed by atoms with van der Waals surface area (Å²) in [6, 6.07) is 0. The molecule has 6 nitrogen and oxygen atoms in total. The van der Waals surface area contributed by atoms with Crippen LogP contribution in [0, 0.1) is 5.41 Å². The first-order valence-electron chi connectivity index (χ1n) is 6.82. The number of amides is 1. The zero-order valence-corrected chi connectivity index (χ0v) is 12.4. The molecule has 1 rings (SSSR count). The minimum absolute atomic E-state index is 0.173. The van der Waals surface area contributed by atoms with E-state index in [1.165, 1.54) is 0 Å². The molecule has 1 atom stereocenters. The Morgan fingerprint density at radius 1 is 1.20 bits per heavy atom. The summed E-state index contributed by atoms with van der Waals surface area (Å²) >= 11 is 0. The smallest absolute Gasteiger partial charge is 0.306 e. The van der Waals surface area contributed by atoms with E-state index in [-0.39, 0.29) is 31.3 Å². The second kappa shape index (κ2) is 6.24. The number of ether oxygens (including phenoxy) is 2. The maximum Gasteiger partial charge on any atom is 0.306 e. The standard InChI is InChI=1S/C14H23NO5/c1-13(2,3)8-14(12(15)18)9-19-10(16)6-4-5-7-11(17)20-14/h4-9H2,1-3H3,(H2,15,18). The molecule has 6 heteroatoms. The number of hydrogen-bond acceptors (Lipinski definition) is 5. The van der Waals surface area contributed by atoms with Crippen LogP contribution in [0.25, 0.3) is 0 Å². The van der Waals surface area contributed by atoms with Gasteiger partial charge < -0.3 is 15.2 Å². The quantitative estimate of drug-likeness (QED) is 0.772.